The van der Waals surface area contributed by atoms with Crippen LogP contribution in [0.2, 0.25) is 0 Å². The van der Waals surface area contributed by atoms with E-state index in [9.17, 15) is 13.2 Å². The standard InChI is InChI=1S/C11H7BF3NS/c12-6-9-5-10(16-17-9)7-1-3-8(4-2-7)11(13,14)15/h1-5H,6H2. The minimum Gasteiger partial charge on any atom is -0.192 e. The van der Waals surface area contributed by atoms with Gasteiger partial charge in [-0.05, 0) is 29.7 Å². The molecule has 0 N–H and O–H groups in total. The third-order valence-corrected chi connectivity index (χ3v) is 3.08. The SMILES string of the molecule is [B]Cc1cc(-c2ccc(C(F)(F)F)cc2)ns1. The summed E-state index contributed by atoms with van der Waals surface area (Å²) in [7, 11) is 5.44. The number of hydrogen-bond donors (Lipinski definition) is 0. The fourth-order valence-electron chi connectivity index (χ4n) is 1.38. The molecule has 0 atom stereocenters. The molecular formula is C11H7BF3NS. The summed E-state index contributed by atoms with van der Waals surface area (Å²) in [5, 5.41) is 0. The Hall–Kier alpha value is -1.30. The van der Waals surface area contributed by atoms with Gasteiger partial charge in [0.1, 0.15) is 0 Å². The first kappa shape index (κ1) is 12.2. The molecule has 2 aromatic rings. The van der Waals surface area contributed by atoms with Crippen LogP contribution < -0.4 is 0 Å². The molecule has 2 rings (SSSR count). The van der Waals surface area contributed by atoms with Crippen LogP contribution in [0.4, 0.5) is 13.2 Å². The number of aromatic nitrogens is 1. The maximum atomic E-state index is 12.4. The molecular weight excluding hydrogens is 246 g/mol. The first-order valence-corrected chi connectivity index (χ1v) is 5.61. The van der Waals surface area contributed by atoms with E-state index in [1.165, 1.54) is 23.7 Å². The highest BCUT2D eigenvalue weighted by molar-refractivity contribution is 7.06. The van der Waals surface area contributed by atoms with Crippen molar-refractivity contribution >= 4 is 19.4 Å². The summed E-state index contributed by atoms with van der Waals surface area (Å²) >= 11 is 1.26. The zero-order chi connectivity index (χ0) is 12.5. The molecule has 0 saturated carbocycles. The molecule has 2 radical (unpaired) electrons. The van der Waals surface area contributed by atoms with E-state index in [-0.39, 0.29) is 0 Å². The lowest BCUT2D eigenvalue weighted by Gasteiger charge is -2.06. The molecule has 86 valence electrons. The first-order chi connectivity index (χ1) is 8.00. The Labute approximate surface area is 102 Å². The van der Waals surface area contributed by atoms with E-state index in [2.05, 4.69) is 4.37 Å². The van der Waals surface area contributed by atoms with Crippen molar-refractivity contribution < 1.29 is 13.2 Å². The van der Waals surface area contributed by atoms with Crippen molar-refractivity contribution in [2.24, 2.45) is 0 Å². The van der Waals surface area contributed by atoms with Crippen molar-refractivity contribution in [3.05, 3.63) is 40.8 Å². The van der Waals surface area contributed by atoms with Gasteiger partial charge in [0.2, 0.25) is 0 Å². The Morgan fingerprint density at radius 3 is 2.29 bits per heavy atom. The monoisotopic (exact) mass is 253 g/mol. The molecule has 1 aromatic carbocycles. The first-order valence-electron chi connectivity index (χ1n) is 4.84. The summed E-state index contributed by atoms with van der Waals surface area (Å²) in [6.07, 6.45) is -3.92. The zero-order valence-corrected chi connectivity index (χ0v) is 9.48. The topological polar surface area (TPSA) is 12.9 Å². The van der Waals surface area contributed by atoms with Crippen molar-refractivity contribution in [1.29, 1.82) is 0 Å². The van der Waals surface area contributed by atoms with E-state index in [4.69, 9.17) is 7.85 Å². The maximum Gasteiger partial charge on any atom is 0.416 e. The van der Waals surface area contributed by atoms with Crippen molar-refractivity contribution in [3.63, 3.8) is 0 Å². The maximum absolute atomic E-state index is 12.4. The van der Waals surface area contributed by atoms with Gasteiger partial charge in [-0.25, -0.2) is 0 Å². The lowest BCUT2D eigenvalue weighted by molar-refractivity contribution is -0.137. The molecule has 0 unspecified atom stereocenters. The predicted molar refractivity (Wildman–Crippen MR) is 62.0 cm³/mol. The van der Waals surface area contributed by atoms with Gasteiger partial charge in [-0.1, -0.05) is 18.5 Å². The van der Waals surface area contributed by atoms with Gasteiger partial charge in [-0.3, -0.25) is 0 Å². The molecule has 1 aromatic heterocycles. The van der Waals surface area contributed by atoms with Gasteiger partial charge in [0.15, 0.2) is 0 Å². The highest BCUT2D eigenvalue weighted by Crippen LogP contribution is 2.31. The Balaban J connectivity index is 2.29. The summed E-state index contributed by atoms with van der Waals surface area (Å²) in [5.41, 5.74) is 0.661. The largest absolute Gasteiger partial charge is 0.416 e. The summed E-state index contributed by atoms with van der Waals surface area (Å²) in [6.45, 7) is 0. The average molecular weight is 253 g/mol. The lowest BCUT2D eigenvalue weighted by Crippen LogP contribution is -2.03. The molecule has 0 bridgehead atoms. The van der Waals surface area contributed by atoms with Crippen molar-refractivity contribution in [3.8, 4) is 11.3 Å². The molecule has 0 spiro atoms. The quantitative estimate of drug-likeness (QED) is 0.746. The van der Waals surface area contributed by atoms with Gasteiger partial charge in [0, 0.05) is 10.4 Å². The second kappa shape index (κ2) is 4.53. The van der Waals surface area contributed by atoms with Crippen LogP contribution in [-0.4, -0.2) is 12.2 Å². The van der Waals surface area contributed by atoms with Crippen LogP contribution in [-0.2, 0) is 12.5 Å². The molecule has 0 saturated heterocycles. The van der Waals surface area contributed by atoms with Gasteiger partial charge in [0.05, 0.1) is 19.1 Å². The third kappa shape index (κ3) is 2.69. The predicted octanol–water partition coefficient (Wildman–Crippen LogP) is 3.50. The lowest BCUT2D eigenvalue weighted by atomic mass is 10.0. The Morgan fingerprint density at radius 2 is 1.82 bits per heavy atom. The van der Waals surface area contributed by atoms with E-state index in [1.807, 2.05) is 0 Å². The van der Waals surface area contributed by atoms with Gasteiger partial charge in [0.25, 0.3) is 0 Å². The van der Waals surface area contributed by atoms with E-state index in [0.29, 0.717) is 17.6 Å². The second-order valence-corrected chi connectivity index (χ2v) is 4.35. The molecule has 6 heteroatoms. The third-order valence-electron chi connectivity index (χ3n) is 2.27. The summed E-state index contributed by atoms with van der Waals surface area (Å²) in [6, 6.07) is 6.72. The molecule has 0 fully saturated rings. The van der Waals surface area contributed by atoms with Gasteiger partial charge < -0.3 is 0 Å². The van der Waals surface area contributed by atoms with E-state index in [0.717, 1.165) is 17.0 Å². The van der Waals surface area contributed by atoms with Crippen LogP contribution in [0.15, 0.2) is 30.3 Å². The number of nitrogens with zero attached hydrogens (tertiary/aromatic N) is 1. The minimum absolute atomic E-state index is 0.387. The molecule has 0 aliphatic carbocycles. The highest BCUT2D eigenvalue weighted by atomic mass is 32.1. The van der Waals surface area contributed by atoms with Crippen molar-refractivity contribution in [2.45, 2.75) is 12.5 Å². The fourth-order valence-corrected chi connectivity index (χ4v) is 1.99. The summed E-state index contributed by atoms with van der Waals surface area (Å²) < 4.78 is 41.2. The van der Waals surface area contributed by atoms with Gasteiger partial charge >= 0.3 is 6.18 Å². The van der Waals surface area contributed by atoms with Crippen molar-refractivity contribution in [2.75, 3.05) is 0 Å². The smallest absolute Gasteiger partial charge is 0.192 e. The van der Waals surface area contributed by atoms with E-state index in [1.54, 1.807) is 6.07 Å². The van der Waals surface area contributed by atoms with E-state index < -0.39 is 11.7 Å². The van der Waals surface area contributed by atoms with Gasteiger partial charge in [-0.15, -0.1) is 0 Å². The van der Waals surface area contributed by atoms with Crippen LogP contribution in [0.3, 0.4) is 0 Å². The number of hydrogen-bond acceptors (Lipinski definition) is 2. The fraction of sp³-hybridized carbons (Fsp3) is 0.182. The van der Waals surface area contributed by atoms with Crippen LogP contribution in [0.5, 0.6) is 0 Å². The molecule has 17 heavy (non-hydrogen) atoms. The minimum atomic E-state index is -4.30. The van der Waals surface area contributed by atoms with Crippen LogP contribution in [0.1, 0.15) is 10.4 Å². The van der Waals surface area contributed by atoms with Crippen molar-refractivity contribution in [1.82, 2.24) is 4.37 Å². The number of halogens is 3. The second-order valence-electron chi connectivity index (χ2n) is 3.46. The Kier molecular flexibility index (Phi) is 3.24. The molecule has 0 aliphatic rings. The zero-order valence-electron chi connectivity index (χ0n) is 8.66. The van der Waals surface area contributed by atoms with Gasteiger partial charge in [-0.2, -0.15) is 17.5 Å². The number of benzene rings is 1. The molecule has 0 aliphatic heterocycles. The number of alkyl halides is 3. The molecule has 1 heterocycles. The average Bonchev–Trinajstić information content (AvgIpc) is 2.76. The van der Waals surface area contributed by atoms with E-state index >= 15 is 0 Å². The molecule has 0 amide bonds. The normalized spacial score (nSPS) is 11.7. The number of rotatable bonds is 2. The highest BCUT2D eigenvalue weighted by Gasteiger charge is 2.29. The van der Waals surface area contributed by atoms with Crippen LogP contribution in [0, 0.1) is 0 Å². The molecule has 1 nitrogen and oxygen atoms in total. The Morgan fingerprint density at radius 1 is 1.18 bits per heavy atom. The summed E-state index contributed by atoms with van der Waals surface area (Å²) in [5.74, 6) is 0. The van der Waals surface area contributed by atoms with Crippen LogP contribution in [0.25, 0.3) is 11.3 Å². The summed E-state index contributed by atoms with van der Waals surface area (Å²) in [4.78, 5) is 0.903. The van der Waals surface area contributed by atoms with Crippen LogP contribution >= 0.6 is 11.5 Å². The Bertz CT molecular complexity index is 504.